The van der Waals surface area contributed by atoms with Crippen LogP contribution in [0.15, 0.2) is 85.5 Å². The summed E-state index contributed by atoms with van der Waals surface area (Å²) in [5, 5.41) is 0. The van der Waals surface area contributed by atoms with Crippen LogP contribution in [0.4, 0.5) is 0 Å². The number of benzene rings is 2. The number of aryl methyl sites for hydroxylation is 2. The van der Waals surface area contributed by atoms with E-state index < -0.39 is 20.2 Å². The summed E-state index contributed by atoms with van der Waals surface area (Å²) in [5.74, 6) is 0. The van der Waals surface area contributed by atoms with Crippen LogP contribution in [0.5, 0.6) is 0 Å². The molecule has 43 heavy (non-hydrogen) atoms. The highest BCUT2D eigenvalue weighted by Crippen LogP contribution is 2.55. The van der Waals surface area contributed by atoms with Gasteiger partial charge in [-0.3, -0.25) is 0 Å². The van der Waals surface area contributed by atoms with Crippen LogP contribution in [0.2, 0.25) is 0 Å². The van der Waals surface area contributed by atoms with Gasteiger partial charge in [-0.05, 0) is 69.5 Å². The highest BCUT2D eigenvalue weighted by Gasteiger charge is 2.42. The predicted octanol–water partition coefficient (Wildman–Crippen LogP) is 4.86. The molecule has 2 heterocycles. The van der Waals surface area contributed by atoms with E-state index in [0.717, 1.165) is 0 Å². The van der Waals surface area contributed by atoms with Crippen molar-refractivity contribution in [3.8, 4) is 33.4 Å². The quantitative estimate of drug-likeness (QED) is 0.223. The third-order valence-corrected chi connectivity index (χ3v) is 7.34. The normalized spacial score (nSPS) is 13.1. The summed E-state index contributed by atoms with van der Waals surface area (Å²) in [4.78, 5) is 0. The molecule has 4 aromatic rings. The Labute approximate surface area is 256 Å². The van der Waals surface area contributed by atoms with Gasteiger partial charge in [-0.15, -0.1) is 0 Å². The molecule has 0 saturated heterocycles. The molecule has 0 atom stereocenters. The minimum Gasteiger partial charge on any atom is -0.748 e. The van der Waals surface area contributed by atoms with Gasteiger partial charge in [0.05, 0.1) is 20.2 Å². The highest BCUT2D eigenvalue weighted by atomic mass is 32.2. The predicted molar refractivity (Wildman–Crippen MR) is 167 cm³/mol. The van der Waals surface area contributed by atoms with Crippen LogP contribution >= 0.6 is 0 Å². The summed E-state index contributed by atoms with van der Waals surface area (Å²) >= 11 is 0. The second-order valence-electron chi connectivity index (χ2n) is 11.0. The molecule has 2 aromatic carbocycles. The van der Waals surface area contributed by atoms with E-state index in [1.165, 1.54) is 70.2 Å². The van der Waals surface area contributed by atoms with Crippen molar-refractivity contribution in [1.82, 2.24) is 0 Å². The van der Waals surface area contributed by atoms with Crippen molar-refractivity contribution in [2.75, 3.05) is 12.5 Å². The van der Waals surface area contributed by atoms with Crippen molar-refractivity contribution in [2.45, 2.75) is 44.9 Å². The Morgan fingerprint density at radius 3 is 1.16 bits per heavy atom. The van der Waals surface area contributed by atoms with Gasteiger partial charge in [0.25, 0.3) is 0 Å². The Kier molecular flexibility index (Phi) is 11.0. The fourth-order valence-corrected chi connectivity index (χ4v) is 5.76. The average Bonchev–Trinajstić information content (AvgIpc) is 3.16. The maximum Gasteiger partial charge on any atom is 0.169 e. The Hall–Kier alpha value is -3.44. The lowest BCUT2D eigenvalue weighted by molar-refractivity contribution is -0.671. The molecule has 0 radical (unpaired) electrons. The highest BCUT2D eigenvalue weighted by molar-refractivity contribution is 7.85. The van der Waals surface area contributed by atoms with Gasteiger partial charge in [0, 0.05) is 42.2 Å². The first-order valence-electron chi connectivity index (χ1n) is 14.1. The minimum atomic E-state index is -3.92. The Morgan fingerprint density at radius 2 is 0.884 bits per heavy atom. The van der Waals surface area contributed by atoms with Crippen molar-refractivity contribution in [1.29, 1.82) is 0 Å². The zero-order valence-corrected chi connectivity index (χ0v) is 27.2. The van der Waals surface area contributed by atoms with Gasteiger partial charge in [0.2, 0.25) is 0 Å². The molecule has 10 heteroatoms. The Morgan fingerprint density at radius 1 is 0.581 bits per heavy atom. The zero-order chi connectivity index (χ0) is 32.0. The third-order valence-electron chi connectivity index (χ3n) is 7.34. The van der Waals surface area contributed by atoms with E-state index >= 15 is 0 Å². The maximum atomic E-state index is 9.08. The van der Waals surface area contributed by atoms with E-state index in [1.807, 2.05) is 0 Å². The summed E-state index contributed by atoms with van der Waals surface area (Å²) in [7, 11) is -3.69. The largest absolute Gasteiger partial charge is 0.748 e. The molecule has 0 N–H and O–H groups in total. The molecule has 0 spiro atoms. The van der Waals surface area contributed by atoms with Crippen LogP contribution in [-0.2, 0) is 39.7 Å². The third kappa shape index (κ3) is 9.27. The standard InChI is InChI=1S/C31H34N2.2CH4O3S/c1-5-15-31(16-6-2)29-21-25(23-11-17-32(3)18-12-23)7-9-27(29)28-10-8-26(22-30(28)31)24-13-19-33(4)20-14-24;2*1-5(2,3)4/h7-14,17-22H,5-6,15-16H2,1-4H3;2*1H3,(H,2,3,4)/q+2;;/p-2. The maximum absolute atomic E-state index is 9.08. The van der Waals surface area contributed by atoms with Gasteiger partial charge in [0.1, 0.15) is 14.1 Å². The van der Waals surface area contributed by atoms with Gasteiger partial charge in [-0.1, -0.05) is 51.0 Å². The van der Waals surface area contributed by atoms with Crippen molar-refractivity contribution in [2.24, 2.45) is 14.1 Å². The van der Waals surface area contributed by atoms with Crippen molar-refractivity contribution in [3.63, 3.8) is 0 Å². The van der Waals surface area contributed by atoms with Crippen molar-refractivity contribution in [3.05, 3.63) is 96.6 Å². The second kappa shape index (κ2) is 13.9. The summed E-state index contributed by atoms with van der Waals surface area (Å²) in [6.07, 6.45) is 14.5. The molecular weight excluding hydrogens is 585 g/mol. The molecule has 230 valence electrons. The SMILES string of the molecule is CCCC1(CCC)c2cc(-c3cc[n+](C)cc3)ccc2-c2ccc(-c3cc[n+](C)cc3)cc21.CS(=O)(=O)[O-].CS(=O)(=O)[O-]. The molecular formula is C33H40N2O6S2. The lowest BCUT2D eigenvalue weighted by Gasteiger charge is -2.32. The van der Waals surface area contributed by atoms with E-state index in [2.05, 4.69) is 123 Å². The van der Waals surface area contributed by atoms with Gasteiger partial charge >= 0.3 is 0 Å². The van der Waals surface area contributed by atoms with E-state index in [-0.39, 0.29) is 5.41 Å². The zero-order valence-electron chi connectivity index (χ0n) is 25.6. The van der Waals surface area contributed by atoms with Gasteiger partial charge in [0.15, 0.2) is 24.8 Å². The van der Waals surface area contributed by atoms with E-state index in [4.69, 9.17) is 25.9 Å². The molecule has 5 rings (SSSR count). The fraction of sp³-hybridized carbons (Fsp3) is 0.333. The van der Waals surface area contributed by atoms with Crippen LogP contribution in [0, 0.1) is 0 Å². The monoisotopic (exact) mass is 624 g/mol. The lowest BCUT2D eigenvalue weighted by Crippen LogP contribution is -2.26. The number of aromatic nitrogens is 2. The van der Waals surface area contributed by atoms with E-state index in [1.54, 1.807) is 0 Å². The number of pyridine rings is 2. The molecule has 0 amide bonds. The molecule has 0 unspecified atom stereocenters. The van der Waals surface area contributed by atoms with Gasteiger partial charge < -0.3 is 9.11 Å². The average molecular weight is 625 g/mol. The van der Waals surface area contributed by atoms with Gasteiger partial charge in [-0.2, -0.15) is 0 Å². The van der Waals surface area contributed by atoms with Crippen LogP contribution in [-0.4, -0.2) is 38.5 Å². The first-order chi connectivity index (χ1) is 20.1. The summed E-state index contributed by atoms with van der Waals surface area (Å²) in [6, 6.07) is 23.2. The van der Waals surface area contributed by atoms with Gasteiger partial charge in [-0.25, -0.2) is 26.0 Å². The lowest BCUT2D eigenvalue weighted by atomic mass is 9.71. The molecule has 0 aliphatic heterocycles. The molecule has 2 aromatic heterocycles. The fourth-order valence-electron chi connectivity index (χ4n) is 5.76. The number of rotatable bonds is 6. The van der Waals surface area contributed by atoms with E-state index in [9.17, 15) is 0 Å². The molecule has 0 saturated carbocycles. The first-order valence-corrected chi connectivity index (χ1v) is 17.7. The Bertz CT molecular complexity index is 1620. The van der Waals surface area contributed by atoms with Crippen LogP contribution in [0.3, 0.4) is 0 Å². The summed E-state index contributed by atoms with van der Waals surface area (Å²) in [6.45, 7) is 4.66. The van der Waals surface area contributed by atoms with Crippen LogP contribution in [0.25, 0.3) is 33.4 Å². The minimum absolute atomic E-state index is 0.0824. The van der Waals surface area contributed by atoms with Crippen molar-refractivity contribution >= 4 is 20.2 Å². The molecule has 1 aliphatic carbocycles. The molecule has 8 nitrogen and oxygen atoms in total. The molecule has 1 aliphatic rings. The van der Waals surface area contributed by atoms with Crippen LogP contribution < -0.4 is 9.13 Å². The number of hydrogen-bond acceptors (Lipinski definition) is 6. The molecule has 0 fully saturated rings. The van der Waals surface area contributed by atoms with Crippen LogP contribution in [0.1, 0.15) is 50.7 Å². The first kappa shape index (κ1) is 34.1. The van der Waals surface area contributed by atoms with Crippen molar-refractivity contribution < 1.29 is 35.1 Å². The Balaban J connectivity index is 0.000000440. The topological polar surface area (TPSA) is 122 Å². The number of nitrogens with zero attached hydrogens (tertiary/aromatic N) is 2. The summed E-state index contributed by atoms with van der Waals surface area (Å²) in [5.41, 5.74) is 11.2. The smallest absolute Gasteiger partial charge is 0.169 e. The second-order valence-corrected chi connectivity index (χ2v) is 13.8. The van der Waals surface area contributed by atoms with E-state index in [0.29, 0.717) is 12.5 Å². The number of hydrogen-bond donors (Lipinski definition) is 0. The summed E-state index contributed by atoms with van der Waals surface area (Å²) < 4.78 is 58.6. The molecule has 0 bridgehead atoms. The number of fused-ring (bicyclic) bond motifs is 3.